The number of carbonyl (C=O) groups is 3. The van der Waals surface area contributed by atoms with E-state index in [0.29, 0.717) is 189 Å². The number of rotatable bonds is 39. The number of nitrogens with zero attached hydrogens (tertiary/aromatic N) is 9. The molecule has 3 N–H and O–H groups in total. The van der Waals surface area contributed by atoms with Crippen molar-refractivity contribution in [1.29, 1.82) is 0 Å². The van der Waals surface area contributed by atoms with E-state index < -0.39 is 37.6 Å². The van der Waals surface area contributed by atoms with Crippen molar-refractivity contribution in [3.8, 4) is 0 Å². The number of carboxylic acids is 1. The van der Waals surface area contributed by atoms with Crippen LogP contribution < -0.4 is 21.6 Å². The van der Waals surface area contributed by atoms with Crippen molar-refractivity contribution in [2.75, 3.05) is 120 Å². The average molecular weight is 1330 g/mol. The van der Waals surface area contributed by atoms with E-state index in [2.05, 4.69) is 74.5 Å². The minimum absolute atomic E-state index is 0.0184. The molecule has 6 bridgehead atoms. The Labute approximate surface area is 545 Å². The lowest BCUT2D eigenvalue weighted by Crippen LogP contribution is -2.70. The summed E-state index contributed by atoms with van der Waals surface area (Å²) >= 11 is 0. The highest BCUT2D eigenvalue weighted by atomic mass is 28.5. The van der Waals surface area contributed by atoms with E-state index in [1.165, 1.54) is 0 Å². The number of fused-ring (bicyclic) bond motifs is 14. The zero-order chi connectivity index (χ0) is 65.2. The fourth-order valence-corrected chi connectivity index (χ4v) is 24.3. The second-order valence-electron chi connectivity index (χ2n) is 24.2. The predicted octanol–water partition coefficient (Wildman–Crippen LogP) is 8.13. The summed E-state index contributed by atoms with van der Waals surface area (Å²) in [7, 11) is -7.46. The van der Waals surface area contributed by atoms with Crippen molar-refractivity contribution in [2.24, 2.45) is 30.0 Å². The van der Waals surface area contributed by atoms with Gasteiger partial charge in [-0.3, -0.25) is 23.0 Å². The maximum Gasteiger partial charge on any atom is 0.582 e. The van der Waals surface area contributed by atoms with Gasteiger partial charge in [0.2, 0.25) is 5.91 Å². The van der Waals surface area contributed by atoms with Crippen LogP contribution in [-0.4, -0.2) is 205 Å². The van der Waals surface area contributed by atoms with Gasteiger partial charge >= 0.3 is 20.9 Å². The second-order valence-corrected chi connectivity index (χ2v) is 35.9. The summed E-state index contributed by atoms with van der Waals surface area (Å²) in [5.41, 5.74) is 4.37. The molecule has 27 heteroatoms. The molecule has 93 heavy (non-hydrogen) atoms. The molecular weight excluding hydrogens is 1240 g/mol. The Kier molecular flexibility index (Phi) is 24.1. The second kappa shape index (κ2) is 32.7. The first-order chi connectivity index (χ1) is 45.2. The molecule has 4 aliphatic rings. The number of carboxylic acid groups (broad SMARTS) is 1. The largest absolute Gasteiger partial charge is 0.582 e. The van der Waals surface area contributed by atoms with Gasteiger partial charge in [-0.1, -0.05) is 97.1 Å². The molecule has 0 spiro atoms. The van der Waals surface area contributed by atoms with E-state index in [1.54, 1.807) is 14.2 Å². The molecule has 4 aliphatic heterocycles. The third kappa shape index (κ3) is 17.4. The van der Waals surface area contributed by atoms with Crippen LogP contribution in [0.15, 0.2) is 127 Å². The van der Waals surface area contributed by atoms with Gasteiger partial charge in [-0.25, -0.2) is 34.7 Å². The Bertz CT molecular complexity index is 3690. The minimum atomic E-state index is -4.59. The van der Waals surface area contributed by atoms with Crippen LogP contribution in [0.25, 0.3) is 21.5 Å². The number of benzene rings is 4. The van der Waals surface area contributed by atoms with Crippen LogP contribution in [0, 0.1) is 0 Å². The number of alkyl carbamates (subject to hydrolysis) is 1. The van der Waals surface area contributed by atoms with E-state index in [1.807, 2.05) is 72.8 Å². The maximum absolute atomic E-state index is 13.5. The molecule has 1 atom stereocenters. The molecule has 2 amide bonds. The van der Waals surface area contributed by atoms with Crippen molar-refractivity contribution < 1.29 is 60.9 Å². The monoisotopic (exact) mass is 1330 g/mol. The molecule has 10 rings (SSSR count). The van der Waals surface area contributed by atoms with E-state index >= 15 is 0 Å². The van der Waals surface area contributed by atoms with Crippen molar-refractivity contribution in [1.82, 2.24) is 24.0 Å². The molecule has 6 heterocycles. The van der Waals surface area contributed by atoms with Gasteiger partial charge in [0.1, 0.15) is 22.6 Å². The third-order valence-electron chi connectivity index (χ3n) is 16.2. The molecule has 0 radical (unpaired) electrons. The SMILES string of the molecule is COCCOCCOCCN(CCCOC(=O)NCCC[Si](C)(C)O[Si]1(O[Si](C)(C)CCCNC(=O)CCCCC(=O)O)n2c3c4ccccc4c2/N=C2N=C(/N=c4/c5ccccc5/c(n41)=N/C1=NC(=N\3)/c3ccccc31)c1ccccc1\2)CCOCCOCCOC. The molecule has 24 nitrogen and oxygen atoms in total. The molecule has 0 aliphatic carbocycles. The Hall–Kier alpha value is -7.26. The summed E-state index contributed by atoms with van der Waals surface area (Å²) in [6, 6.07) is 33.4. The number of aromatic nitrogens is 2. The summed E-state index contributed by atoms with van der Waals surface area (Å²) in [4.78, 5) is 73.1. The van der Waals surface area contributed by atoms with Gasteiger partial charge in [0.25, 0.3) is 0 Å². The lowest BCUT2D eigenvalue weighted by molar-refractivity contribution is -0.137. The van der Waals surface area contributed by atoms with Gasteiger partial charge in [-0.2, -0.15) is 0 Å². The number of aliphatic imine (C=N–C) groups is 4. The molecule has 0 fully saturated rings. The lowest BCUT2D eigenvalue weighted by Gasteiger charge is -2.43. The van der Waals surface area contributed by atoms with Crippen LogP contribution >= 0.6 is 0 Å². The molecule has 1 unspecified atom stereocenters. The maximum atomic E-state index is 13.5. The number of hydrogen-bond donors (Lipinski definition) is 3. The van der Waals surface area contributed by atoms with Crippen LogP contribution in [0.5, 0.6) is 0 Å². The standard InChI is InChI=1S/C66H87N11O13Si3/c1-82-38-40-86-44-42-84-36-33-75(34-37-85-43-45-87-41-39-83-2)32-19-35-88-66(81)68-31-18-47-92(5,6)90-93(89-91(3,4)46-17-30-67-56(78)28-15-16-29-57(79)80)76-62-52-24-11-12-25-53(52)64(76)73-60-50-22-9-10-23-51(50)61(70-60)74-65-55-27-14-13-26-54(55)63(77(65)93)72-59-49-21-8-7-20-48(49)58(69-59)71-62/h7-14,20-27H,15-19,28-47H2,1-6H3,(H,67,78)(H,68,81)(H,79,80)/b71-58-,71-62?,72-59?,72-63-,73-60-,73-64?,74-61?,74-65-. The van der Waals surface area contributed by atoms with Gasteiger partial charge in [0, 0.05) is 104 Å². The van der Waals surface area contributed by atoms with Crippen LogP contribution in [-0.2, 0) is 51.0 Å². The van der Waals surface area contributed by atoms with Crippen molar-refractivity contribution >= 4 is 100 Å². The topological polar surface area (TPSA) is 266 Å². The molecule has 4 aromatic carbocycles. The smallest absolute Gasteiger partial charge is 0.481 e. The highest BCUT2D eigenvalue weighted by Crippen LogP contribution is 2.45. The molecule has 2 aromatic heterocycles. The van der Waals surface area contributed by atoms with Gasteiger partial charge in [-0.05, 0) is 70.4 Å². The highest BCUT2D eigenvalue weighted by Gasteiger charge is 2.58. The van der Waals surface area contributed by atoms with E-state index in [4.69, 9.17) is 71.3 Å². The van der Waals surface area contributed by atoms with E-state index in [9.17, 15) is 19.5 Å². The summed E-state index contributed by atoms with van der Waals surface area (Å²) in [5.74, 6) is 1.99. The number of ether oxygens (including phenoxy) is 7. The summed E-state index contributed by atoms with van der Waals surface area (Å²) in [5, 5.41) is 18.5. The number of carbonyl (C=O) groups excluding carboxylic acids is 2. The molecule has 0 saturated heterocycles. The number of methoxy groups -OCH3 is 2. The normalized spacial score (nSPS) is 17.3. The summed E-state index contributed by atoms with van der Waals surface area (Å²) in [6.45, 7) is 16.7. The number of unbranched alkanes of at least 4 members (excludes halogenated alkanes) is 1. The Morgan fingerprint density at radius 1 is 0.473 bits per heavy atom. The predicted molar refractivity (Wildman–Crippen MR) is 364 cm³/mol. The first-order valence-corrected chi connectivity index (χ1v) is 40.2. The fourth-order valence-electron chi connectivity index (χ4n) is 11.7. The average Bonchev–Trinajstić information content (AvgIpc) is 1.55. The van der Waals surface area contributed by atoms with Crippen molar-refractivity contribution in [3.63, 3.8) is 0 Å². The fraction of sp³-hybridized carbons (Fsp3) is 0.470. The van der Waals surface area contributed by atoms with Crippen molar-refractivity contribution in [3.05, 3.63) is 130 Å². The third-order valence-corrected chi connectivity index (χ3v) is 27.9. The first-order valence-electron chi connectivity index (χ1n) is 32.3. The molecular formula is C66H87N11O13Si3. The van der Waals surface area contributed by atoms with Crippen LogP contribution in [0.4, 0.5) is 16.4 Å². The number of hydrogen-bond acceptors (Lipinski definition) is 19. The van der Waals surface area contributed by atoms with Crippen molar-refractivity contribution in [2.45, 2.75) is 83.2 Å². The quantitative estimate of drug-likeness (QED) is 0.0243. The van der Waals surface area contributed by atoms with Gasteiger partial charge in [0.05, 0.1) is 72.7 Å². The number of nitrogens with one attached hydrogen (secondary N) is 2. The van der Waals surface area contributed by atoms with Gasteiger partial charge < -0.3 is 57.1 Å². The Morgan fingerprint density at radius 2 is 0.892 bits per heavy atom. The van der Waals surface area contributed by atoms with E-state index in [0.717, 1.165) is 43.8 Å². The highest BCUT2D eigenvalue weighted by molar-refractivity contribution is 6.88. The lowest BCUT2D eigenvalue weighted by atomic mass is 10.1. The molecule has 6 aromatic rings. The van der Waals surface area contributed by atoms with Crippen LogP contribution in [0.1, 0.15) is 67.2 Å². The Balaban J connectivity index is 0.966. The Morgan fingerprint density at radius 3 is 1.37 bits per heavy atom. The van der Waals surface area contributed by atoms with Crippen LogP contribution in [0.2, 0.25) is 38.3 Å². The summed E-state index contributed by atoms with van der Waals surface area (Å²) < 4.78 is 59.7. The molecule has 0 saturated carbocycles. The number of amidine groups is 4. The summed E-state index contributed by atoms with van der Waals surface area (Å²) in [6.07, 6.45) is 2.40. The zero-order valence-corrected chi connectivity index (χ0v) is 57.3. The van der Waals surface area contributed by atoms with E-state index in [-0.39, 0.29) is 25.4 Å². The van der Waals surface area contributed by atoms with Crippen LogP contribution in [0.3, 0.4) is 0 Å². The number of aliphatic carboxylic acids is 1. The molecule has 496 valence electrons. The first kappa shape index (κ1) is 68.6. The zero-order valence-electron chi connectivity index (χ0n) is 54.3. The van der Waals surface area contributed by atoms with Gasteiger partial charge in [-0.15, -0.1) is 0 Å². The van der Waals surface area contributed by atoms with Gasteiger partial charge in [0.15, 0.2) is 40.0 Å². The minimum Gasteiger partial charge on any atom is -0.481 e. The number of amides is 2.